The van der Waals surface area contributed by atoms with E-state index in [0.29, 0.717) is 0 Å². The topological polar surface area (TPSA) is 102 Å². The molecule has 0 bridgehead atoms. The Balaban J connectivity index is -0.000000980. The molecule has 0 aliphatic carbocycles. The third kappa shape index (κ3) is 11.6. The maximum atomic E-state index is 13.0. The van der Waals surface area contributed by atoms with Crippen LogP contribution in [0.3, 0.4) is 0 Å². The lowest BCUT2D eigenvalue weighted by molar-refractivity contribution is -0.139. The first kappa shape index (κ1) is 21.6. The second-order valence-electron chi connectivity index (χ2n) is 3.30. The number of nitrogens with zero attached hydrogens (tertiary/aromatic N) is 1. The van der Waals surface area contributed by atoms with Crippen LogP contribution in [0.4, 0.5) is 8.78 Å². The van der Waals surface area contributed by atoms with Gasteiger partial charge in [0.1, 0.15) is 12.6 Å². The van der Waals surface area contributed by atoms with Crippen LogP contribution in [-0.4, -0.2) is 35.4 Å². The number of nitrogens with two attached hydrogens (primary N) is 2. The molecular weight excluding hydrogens is 279 g/mol. The van der Waals surface area contributed by atoms with E-state index in [4.69, 9.17) is 16.6 Å². The predicted molar refractivity (Wildman–Crippen MR) is 66.5 cm³/mol. The van der Waals surface area contributed by atoms with Gasteiger partial charge < -0.3 is 16.6 Å². The highest BCUT2D eigenvalue weighted by atomic mass is 35.5. The molecule has 5 N–H and O–H groups in total. The van der Waals surface area contributed by atoms with Crippen molar-refractivity contribution in [3.05, 3.63) is 0 Å². The van der Waals surface area contributed by atoms with Crippen molar-refractivity contribution in [2.75, 3.05) is 6.54 Å². The molecule has 0 spiro atoms. The van der Waals surface area contributed by atoms with Crippen molar-refractivity contribution in [3.63, 3.8) is 0 Å². The monoisotopic (exact) mass is 295 g/mol. The average Bonchev–Trinajstić information content (AvgIpc) is 2.11. The average molecular weight is 296 g/mol. The third-order valence-electron chi connectivity index (χ3n) is 1.70. The number of carboxylic acids is 1. The van der Waals surface area contributed by atoms with Gasteiger partial charge in [0.25, 0.3) is 5.92 Å². The highest BCUT2D eigenvalue weighted by Gasteiger charge is 2.30. The summed E-state index contributed by atoms with van der Waals surface area (Å²) in [5, 5.41) is 8.38. The van der Waals surface area contributed by atoms with Gasteiger partial charge in [-0.1, -0.05) is 0 Å². The number of hydrogen-bond acceptors (Lipinski definition) is 3. The van der Waals surface area contributed by atoms with Crippen LogP contribution in [0.1, 0.15) is 19.8 Å². The SMILES string of the molecule is CC(N)=NCC(F)(F)CC[C@H](N)C(=O)O.Cl.Cl. The fourth-order valence-electron chi connectivity index (χ4n) is 0.810. The van der Waals surface area contributed by atoms with Crippen LogP contribution in [0.5, 0.6) is 0 Å². The molecule has 1 atom stereocenters. The lowest BCUT2D eigenvalue weighted by Crippen LogP contribution is -2.33. The Hall–Kier alpha value is -0.660. The van der Waals surface area contributed by atoms with Crippen molar-refractivity contribution in [3.8, 4) is 0 Å². The minimum atomic E-state index is -3.06. The number of hydrogen-bond donors (Lipinski definition) is 3. The van der Waals surface area contributed by atoms with Crippen LogP contribution >= 0.6 is 24.8 Å². The van der Waals surface area contributed by atoms with Crippen molar-refractivity contribution in [2.24, 2.45) is 16.5 Å². The fourth-order valence-corrected chi connectivity index (χ4v) is 0.810. The lowest BCUT2D eigenvalue weighted by atomic mass is 10.1. The summed E-state index contributed by atoms with van der Waals surface area (Å²) < 4.78 is 26.0. The third-order valence-corrected chi connectivity index (χ3v) is 1.70. The first-order chi connectivity index (χ1) is 6.74. The Morgan fingerprint density at radius 3 is 2.29 bits per heavy atom. The normalized spacial score (nSPS) is 13.3. The number of aliphatic imine (C=N–C) groups is 1. The van der Waals surface area contributed by atoms with E-state index in [1.165, 1.54) is 6.92 Å². The molecule has 0 aromatic carbocycles. The van der Waals surface area contributed by atoms with E-state index in [2.05, 4.69) is 4.99 Å². The number of rotatable bonds is 6. The molecule has 0 aromatic heterocycles. The zero-order chi connectivity index (χ0) is 12.1. The van der Waals surface area contributed by atoms with Crippen LogP contribution < -0.4 is 11.5 Å². The van der Waals surface area contributed by atoms with Gasteiger partial charge >= 0.3 is 5.97 Å². The van der Waals surface area contributed by atoms with Gasteiger partial charge in [-0.2, -0.15) is 0 Å². The highest BCUT2D eigenvalue weighted by molar-refractivity contribution is 5.85. The molecule has 0 aromatic rings. The van der Waals surface area contributed by atoms with Gasteiger partial charge in [-0.05, 0) is 13.3 Å². The van der Waals surface area contributed by atoms with E-state index < -0.39 is 30.9 Å². The number of carboxylic acid groups (broad SMARTS) is 1. The zero-order valence-corrected chi connectivity index (χ0v) is 10.9. The van der Waals surface area contributed by atoms with Gasteiger partial charge in [0.2, 0.25) is 0 Å². The van der Waals surface area contributed by atoms with Gasteiger partial charge in [-0.15, -0.1) is 24.8 Å². The number of alkyl halides is 2. The molecule has 104 valence electrons. The molecule has 5 nitrogen and oxygen atoms in total. The molecule has 0 aliphatic rings. The number of halogens is 4. The second kappa shape index (κ2) is 9.38. The van der Waals surface area contributed by atoms with Crippen LogP contribution in [-0.2, 0) is 4.79 Å². The van der Waals surface area contributed by atoms with Crippen molar-refractivity contribution < 1.29 is 18.7 Å². The van der Waals surface area contributed by atoms with Gasteiger partial charge in [0.05, 0.1) is 5.84 Å². The number of amidine groups is 1. The molecule has 0 rings (SSSR count). The molecule has 0 radical (unpaired) electrons. The summed E-state index contributed by atoms with van der Waals surface area (Å²) in [6, 6.07) is -1.26. The van der Waals surface area contributed by atoms with Crippen LogP contribution in [0.2, 0.25) is 0 Å². The maximum Gasteiger partial charge on any atom is 0.320 e. The number of carbonyl (C=O) groups is 1. The summed E-state index contributed by atoms with van der Waals surface area (Å²) in [6.45, 7) is 0.667. The molecule has 0 aliphatic heterocycles. The molecule has 0 unspecified atom stereocenters. The van der Waals surface area contributed by atoms with Crippen molar-refractivity contribution in [2.45, 2.75) is 31.7 Å². The fraction of sp³-hybridized carbons (Fsp3) is 0.750. The standard InChI is InChI=1S/C8H15F2N3O2.2ClH/c1-5(11)13-4-8(9,10)3-2-6(12)7(14)15;;/h6H,2-4,12H2,1H3,(H2,11,13)(H,14,15);2*1H/t6-;;/m0../s1. The molecule has 0 saturated heterocycles. The van der Waals surface area contributed by atoms with Gasteiger partial charge in [0, 0.05) is 6.42 Å². The summed E-state index contributed by atoms with van der Waals surface area (Å²) >= 11 is 0. The Morgan fingerprint density at radius 2 is 1.94 bits per heavy atom. The van der Waals surface area contributed by atoms with E-state index in [1.54, 1.807) is 0 Å². The highest BCUT2D eigenvalue weighted by Crippen LogP contribution is 2.21. The van der Waals surface area contributed by atoms with Crippen LogP contribution in [0.15, 0.2) is 4.99 Å². The van der Waals surface area contributed by atoms with E-state index >= 15 is 0 Å². The number of aliphatic carboxylic acids is 1. The Bertz CT molecular complexity index is 261. The minimum Gasteiger partial charge on any atom is -0.480 e. The van der Waals surface area contributed by atoms with Crippen LogP contribution in [0, 0.1) is 0 Å². The summed E-state index contributed by atoms with van der Waals surface area (Å²) in [7, 11) is 0. The zero-order valence-electron chi connectivity index (χ0n) is 9.23. The Labute approximate surface area is 110 Å². The van der Waals surface area contributed by atoms with Gasteiger partial charge in [-0.25, -0.2) is 8.78 Å². The summed E-state index contributed by atoms with van der Waals surface area (Å²) in [5.41, 5.74) is 10.2. The molecule has 0 saturated carbocycles. The Morgan fingerprint density at radius 1 is 1.47 bits per heavy atom. The smallest absolute Gasteiger partial charge is 0.320 e. The van der Waals surface area contributed by atoms with Crippen LogP contribution in [0.25, 0.3) is 0 Å². The summed E-state index contributed by atoms with van der Waals surface area (Å²) in [4.78, 5) is 13.6. The first-order valence-corrected chi connectivity index (χ1v) is 4.37. The van der Waals surface area contributed by atoms with E-state index in [0.717, 1.165) is 0 Å². The van der Waals surface area contributed by atoms with Gasteiger partial charge in [0.15, 0.2) is 0 Å². The Kier molecular flexibility index (Phi) is 11.9. The van der Waals surface area contributed by atoms with Gasteiger partial charge in [-0.3, -0.25) is 9.79 Å². The second-order valence-corrected chi connectivity index (χ2v) is 3.30. The lowest BCUT2D eigenvalue weighted by Gasteiger charge is -2.15. The van der Waals surface area contributed by atoms with Crippen molar-refractivity contribution in [1.29, 1.82) is 0 Å². The molecule has 17 heavy (non-hydrogen) atoms. The van der Waals surface area contributed by atoms with Crippen molar-refractivity contribution >= 4 is 36.6 Å². The molecule has 0 fully saturated rings. The maximum absolute atomic E-state index is 13.0. The van der Waals surface area contributed by atoms with Crippen molar-refractivity contribution in [1.82, 2.24) is 0 Å². The molecule has 0 amide bonds. The largest absolute Gasteiger partial charge is 0.480 e. The predicted octanol–water partition coefficient (Wildman–Crippen LogP) is 1.03. The quantitative estimate of drug-likeness (QED) is 0.503. The molecule has 9 heteroatoms. The first-order valence-electron chi connectivity index (χ1n) is 4.37. The molecular formula is C8H17Cl2F2N3O2. The van der Waals surface area contributed by atoms with E-state index in [9.17, 15) is 13.6 Å². The molecule has 0 heterocycles. The summed E-state index contributed by atoms with van der Waals surface area (Å²) in [6.07, 6.45) is -0.904. The summed E-state index contributed by atoms with van der Waals surface area (Å²) in [5.74, 6) is -4.28. The minimum absolute atomic E-state index is 0. The van der Waals surface area contributed by atoms with E-state index in [1.807, 2.05) is 0 Å². The van der Waals surface area contributed by atoms with E-state index in [-0.39, 0.29) is 37.1 Å².